The molecule has 7 heteroatoms. The van der Waals surface area contributed by atoms with Crippen LogP contribution in [0.15, 0.2) is 54.6 Å². The molecule has 2 atom stereocenters. The summed E-state index contributed by atoms with van der Waals surface area (Å²) in [5, 5.41) is 3.19. The summed E-state index contributed by atoms with van der Waals surface area (Å²) in [7, 11) is -0.486. The first kappa shape index (κ1) is 21.5. The second kappa shape index (κ2) is 9.07. The van der Waals surface area contributed by atoms with E-state index < -0.39 is 10.2 Å². The number of aryl methyl sites for hydroxylation is 1. The highest BCUT2D eigenvalue weighted by Gasteiger charge is 2.34. The maximum Gasteiger partial charge on any atom is 0.281 e. The van der Waals surface area contributed by atoms with E-state index in [2.05, 4.69) is 5.32 Å². The van der Waals surface area contributed by atoms with Crippen molar-refractivity contribution in [1.29, 1.82) is 0 Å². The molecule has 0 aliphatic carbocycles. The van der Waals surface area contributed by atoms with Gasteiger partial charge in [0.1, 0.15) is 0 Å². The Labute approximate surface area is 173 Å². The van der Waals surface area contributed by atoms with Crippen LogP contribution in [0.25, 0.3) is 0 Å². The van der Waals surface area contributed by atoms with Gasteiger partial charge in [0, 0.05) is 27.2 Å². The van der Waals surface area contributed by atoms with Crippen LogP contribution in [0, 0.1) is 12.8 Å². The average molecular weight is 416 g/mol. The summed E-state index contributed by atoms with van der Waals surface area (Å²) < 4.78 is 27.6. The van der Waals surface area contributed by atoms with E-state index >= 15 is 0 Å². The zero-order valence-electron chi connectivity index (χ0n) is 17.2. The Morgan fingerprint density at radius 3 is 2.41 bits per heavy atom. The zero-order chi connectivity index (χ0) is 21.0. The lowest BCUT2D eigenvalue weighted by Gasteiger charge is -2.33. The van der Waals surface area contributed by atoms with Crippen molar-refractivity contribution in [1.82, 2.24) is 13.9 Å². The molecule has 2 aromatic rings. The van der Waals surface area contributed by atoms with Crippen LogP contribution in [-0.2, 0) is 15.0 Å². The lowest BCUT2D eigenvalue weighted by atomic mass is 9.93. The quantitative estimate of drug-likeness (QED) is 0.789. The predicted molar refractivity (Wildman–Crippen MR) is 115 cm³/mol. The molecule has 156 valence electrons. The number of hydrogen-bond acceptors (Lipinski definition) is 3. The van der Waals surface area contributed by atoms with Crippen LogP contribution in [-0.4, -0.2) is 50.1 Å². The van der Waals surface area contributed by atoms with E-state index in [1.165, 1.54) is 22.7 Å². The van der Waals surface area contributed by atoms with Crippen LogP contribution >= 0.6 is 0 Å². The van der Waals surface area contributed by atoms with Crippen molar-refractivity contribution in [3.63, 3.8) is 0 Å². The molecule has 1 N–H and O–H groups in total. The molecule has 6 nitrogen and oxygen atoms in total. The standard InChI is InChI=1S/C22H29N3O3S/c1-17-10-7-8-14-20(17)21(18-11-5-4-6-12-18)23-22(26)19-13-9-15-25(16-19)29(27,28)24(2)3/h4-8,10-12,14,19,21H,9,13,15-16H2,1-3H3,(H,23,26)/t19-,21-/m1/s1. The second-order valence-corrected chi connectivity index (χ2v) is 9.84. The van der Waals surface area contributed by atoms with E-state index in [0.29, 0.717) is 19.4 Å². The van der Waals surface area contributed by atoms with Crippen LogP contribution in [0.5, 0.6) is 0 Å². The summed E-state index contributed by atoms with van der Waals surface area (Å²) in [6.45, 7) is 2.69. The van der Waals surface area contributed by atoms with Crippen LogP contribution in [0.3, 0.4) is 0 Å². The van der Waals surface area contributed by atoms with Gasteiger partial charge in [0.15, 0.2) is 0 Å². The van der Waals surface area contributed by atoms with E-state index in [4.69, 9.17) is 0 Å². The van der Waals surface area contributed by atoms with Gasteiger partial charge >= 0.3 is 0 Å². The first-order valence-electron chi connectivity index (χ1n) is 9.89. The number of nitrogens with one attached hydrogen (secondary N) is 1. The third kappa shape index (κ3) is 4.86. The van der Waals surface area contributed by atoms with Crippen molar-refractivity contribution in [2.45, 2.75) is 25.8 Å². The summed E-state index contributed by atoms with van der Waals surface area (Å²) in [6.07, 6.45) is 1.35. The molecule has 0 radical (unpaired) electrons. The van der Waals surface area contributed by atoms with Gasteiger partial charge in [-0.1, -0.05) is 54.6 Å². The van der Waals surface area contributed by atoms with Crippen molar-refractivity contribution < 1.29 is 13.2 Å². The Morgan fingerprint density at radius 1 is 1.10 bits per heavy atom. The number of hydrogen-bond donors (Lipinski definition) is 1. The Bertz CT molecular complexity index is 945. The molecule has 0 spiro atoms. The molecule has 0 aromatic heterocycles. The van der Waals surface area contributed by atoms with Crippen LogP contribution < -0.4 is 5.32 Å². The summed E-state index contributed by atoms with van der Waals surface area (Å²) in [5.74, 6) is -0.477. The summed E-state index contributed by atoms with van der Waals surface area (Å²) in [5.41, 5.74) is 3.14. The van der Waals surface area contributed by atoms with E-state index in [9.17, 15) is 13.2 Å². The van der Waals surface area contributed by atoms with Gasteiger partial charge in [-0.15, -0.1) is 0 Å². The molecule has 1 aliphatic rings. The Balaban J connectivity index is 1.83. The number of benzene rings is 2. The first-order valence-corrected chi connectivity index (χ1v) is 11.3. The number of amides is 1. The van der Waals surface area contributed by atoms with Gasteiger partial charge in [-0.3, -0.25) is 4.79 Å². The van der Waals surface area contributed by atoms with Gasteiger partial charge < -0.3 is 5.32 Å². The molecule has 0 bridgehead atoms. The molecule has 2 aromatic carbocycles. The first-order chi connectivity index (χ1) is 13.8. The van der Waals surface area contributed by atoms with Crippen molar-refractivity contribution in [2.75, 3.05) is 27.2 Å². The van der Waals surface area contributed by atoms with Crippen molar-refractivity contribution in [2.24, 2.45) is 5.92 Å². The molecule has 1 amide bonds. The molecule has 1 fully saturated rings. The summed E-state index contributed by atoms with van der Waals surface area (Å²) in [6, 6.07) is 17.6. The highest BCUT2D eigenvalue weighted by atomic mass is 32.2. The van der Waals surface area contributed by atoms with E-state index in [-0.39, 0.29) is 24.4 Å². The lowest BCUT2D eigenvalue weighted by Crippen LogP contribution is -2.49. The molecule has 3 rings (SSSR count). The SMILES string of the molecule is Cc1ccccc1[C@H](NC(=O)[C@@H]1CCCN(S(=O)(=O)N(C)C)C1)c1ccccc1. The number of carbonyl (C=O) groups excluding carboxylic acids is 1. The second-order valence-electron chi connectivity index (χ2n) is 7.70. The number of carbonyl (C=O) groups is 1. The fourth-order valence-electron chi connectivity index (χ4n) is 3.75. The monoisotopic (exact) mass is 415 g/mol. The highest BCUT2D eigenvalue weighted by molar-refractivity contribution is 7.86. The van der Waals surface area contributed by atoms with Crippen molar-refractivity contribution in [3.05, 3.63) is 71.3 Å². The molecule has 0 saturated carbocycles. The third-order valence-electron chi connectivity index (χ3n) is 5.46. The van der Waals surface area contributed by atoms with Crippen LogP contribution in [0.4, 0.5) is 0 Å². The van der Waals surface area contributed by atoms with Crippen molar-refractivity contribution in [3.8, 4) is 0 Å². The van der Waals surface area contributed by atoms with Gasteiger partial charge in [0.25, 0.3) is 10.2 Å². The molecule has 0 unspecified atom stereocenters. The fourth-order valence-corrected chi connectivity index (χ4v) is 4.94. The molecular formula is C22H29N3O3S. The van der Waals surface area contributed by atoms with Gasteiger partial charge in [-0.2, -0.15) is 17.0 Å². The van der Waals surface area contributed by atoms with Crippen LogP contribution in [0.1, 0.15) is 35.6 Å². The average Bonchev–Trinajstić information content (AvgIpc) is 2.73. The largest absolute Gasteiger partial charge is 0.345 e. The van der Waals surface area contributed by atoms with Gasteiger partial charge in [-0.05, 0) is 36.5 Å². The minimum absolute atomic E-state index is 0.110. The van der Waals surface area contributed by atoms with E-state index in [1.54, 1.807) is 0 Å². The molecule has 1 aliphatic heterocycles. The maximum atomic E-state index is 13.2. The number of rotatable bonds is 6. The Kier molecular flexibility index (Phi) is 6.72. The predicted octanol–water partition coefficient (Wildman–Crippen LogP) is 2.72. The van der Waals surface area contributed by atoms with Crippen LogP contribution in [0.2, 0.25) is 0 Å². The molecule has 1 saturated heterocycles. The third-order valence-corrected chi connectivity index (χ3v) is 7.37. The normalized spacial score (nSPS) is 19.1. The van der Waals surface area contributed by atoms with E-state index in [1.807, 2.05) is 61.5 Å². The topological polar surface area (TPSA) is 69.7 Å². The Hall–Kier alpha value is -2.22. The van der Waals surface area contributed by atoms with E-state index in [0.717, 1.165) is 16.7 Å². The highest BCUT2D eigenvalue weighted by Crippen LogP contribution is 2.27. The summed E-state index contributed by atoms with van der Waals surface area (Å²) >= 11 is 0. The fraction of sp³-hybridized carbons (Fsp3) is 0.409. The minimum atomic E-state index is -3.52. The minimum Gasteiger partial charge on any atom is -0.345 e. The van der Waals surface area contributed by atoms with Crippen molar-refractivity contribution >= 4 is 16.1 Å². The molecule has 29 heavy (non-hydrogen) atoms. The van der Waals surface area contributed by atoms with Gasteiger partial charge in [0.2, 0.25) is 5.91 Å². The number of nitrogens with zero attached hydrogens (tertiary/aromatic N) is 2. The number of piperidine rings is 1. The summed E-state index contributed by atoms with van der Waals surface area (Å²) in [4.78, 5) is 13.2. The van der Waals surface area contributed by atoms with Gasteiger partial charge in [-0.25, -0.2) is 0 Å². The molecule has 1 heterocycles. The molecular weight excluding hydrogens is 386 g/mol. The Morgan fingerprint density at radius 2 is 1.76 bits per heavy atom. The smallest absolute Gasteiger partial charge is 0.281 e. The van der Waals surface area contributed by atoms with Gasteiger partial charge in [0.05, 0.1) is 12.0 Å². The zero-order valence-corrected chi connectivity index (χ0v) is 18.0. The maximum absolute atomic E-state index is 13.2. The lowest BCUT2D eigenvalue weighted by molar-refractivity contribution is -0.126.